The number of methoxy groups -OCH3 is 1. The minimum atomic E-state index is -0.373. The molecule has 0 aromatic heterocycles. The van der Waals surface area contributed by atoms with Crippen LogP contribution in [0.15, 0.2) is 42.5 Å². The summed E-state index contributed by atoms with van der Waals surface area (Å²) in [6, 6.07) is 11.4. The zero-order chi connectivity index (χ0) is 16.8. The molecule has 0 unspecified atom stereocenters. The van der Waals surface area contributed by atoms with Crippen LogP contribution in [0.1, 0.15) is 23.7 Å². The van der Waals surface area contributed by atoms with Gasteiger partial charge in [-0.1, -0.05) is 18.5 Å². The Hall–Kier alpha value is -2.53. The second-order valence-corrected chi connectivity index (χ2v) is 5.09. The summed E-state index contributed by atoms with van der Waals surface area (Å²) in [6.45, 7) is 1.70. The molecule has 0 aliphatic heterocycles. The largest absolute Gasteiger partial charge is 0.493 e. The predicted octanol–water partition coefficient (Wildman–Crippen LogP) is 3.92. The maximum atomic E-state index is 12.2. The lowest BCUT2D eigenvalue weighted by Crippen LogP contribution is -2.12. The number of rotatable bonds is 5. The SMILES string of the molecule is CCC(=O)Oc1ccc(C(=O)Nc2ccc(Cl)cc2)cc1OC. The zero-order valence-electron chi connectivity index (χ0n) is 12.8. The van der Waals surface area contributed by atoms with Crippen LogP contribution in [-0.2, 0) is 4.79 Å². The first-order chi connectivity index (χ1) is 11.0. The molecular formula is C17H16ClNO4. The molecule has 0 fully saturated rings. The van der Waals surface area contributed by atoms with E-state index in [-0.39, 0.29) is 24.0 Å². The number of halogens is 1. The molecule has 2 aromatic carbocycles. The molecule has 6 heteroatoms. The van der Waals surface area contributed by atoms with Crippen LogP contribution in [0.2, 0.25) is 5.02 Å². The van der Waals surface area contributed by atoms with Crippen molar-refractivity contribution in [3.8, 4) is 11.5 Å². The highest BCUT2D eigenvalue weighted by molar-refractivity contribution is 6.30. The van der Waals surface area contributed by atoms with Crippen molar-refractivity contribution in [2.24, 2.45) is 0 Å². The zero-order valence-corrected chi connectivity index (χ0v) is 13.5. The fourth-order valence-electron chi connectivity index (χ4n) is 1.82. The van der Waals surface area contributed by atoms with Crippen LogP contribution < -0.4 is 14.8 Å². The Bertz CT molecular complexity index is 713. The number of carbonyl (C=O) groups is 2. The van der Waals surface area contributed by atoms with Crippen LogP contribution in [0.5, 0.6) is 11.5 Å². The van der Waals surface area contributed by atoms with Crippen LogP contribution in [0.25, 0.3) is 0 Å². The highest BCUT2D eigenvalue weighted by Gasteiger charge is 2.13. The molecule has 2 rings (SSSR count). The van der Waals surface area contributed by atoms with Crippen LogP contribution in [0.4, 0.5) is 5.69 Å². The minimum Gasteiger partial charge on any atom is -0.493 e. The molecule has 1 N–H and O–H groups in total. The normalized spacial score (nSPS) is 10.0. The van der Waals surface area contributed by atoms with Gasteiger partial charge in [-0.25, -0.2) is 0 Å². The van der Waals surface area contributed by atoms with E-state index in [2.05, 4.69) is 5.32 Å². The molecule has 0 atom stereocenters. The van der Waals surface area contributed by atoms with E-state index in [0.717, 1.165) is 0 Å². The molecule has 5 nitrogen and oxygen atoms in total. The molecule has 2 aromatic rings. The summed E-state index contributed by atoms with van der Waals surface area (Å²) in [6.07, 6.45) is 0.252. The number of nitrogens with one attached hydrogen (secondary N) is 1. The average Bonchev–Trinajstić information content (AvgIpc) is 2.57. The molecule has 0 radical (unpaired) electrons. The lowest BCUT2D eigenvalue weighted by molar-refractivity contribution is -0.134. The van der Waals surface area contributed by atoms with Gasteiger partial charge < -0.3 is 14.8 Å². The highest BCUT2D eigenvalue weighted by Crippen LogP contribution is 2.28. The molecule has 0 bridgehead atoms. The van der Waals surface area contributed by atoms with Gasteiger partial charge in [-0.2, -0.15) is 0 Å². The van der Waals surface area contributed by atoms with Gasteiger partial charge in [0.15, 0.2) is 11.5 Å². The number of amides is 1. The van der Waals surface area contributed by atoms with Gasteiger partial charge in [-0.3, -0.25) is 9.59 Å². The van der Waals surface area contributed by atoms with Gasteiger partial charge in [0.25, 0.3) is 5.91 Å². The van der Waals surface area contributed by atoms with E-state index in [1.807, 2.05) is 0 Å². The lowest BCUT2D eigenvalue weighted by atomic mass is 10.2. The standard InChI is InChI=1S/C17H16ClNO4/c1-3-16(20)23-14-9-4-11(10-15(14)22-2)17(21)19-13-7-5-12(18)6-8-13/h4-10H,3H2,1-2H3,(H,19,21). The second kappa shape index (κ2) is 7.65. The van der Waals surface area contributed by atoms with E-state index in [4.69, 9.17) is 21.1 Å². The Morgan fingerprint density at radius 1 is 1.09 bits per heavy atom. The second-order valence-electron chi connectivity index (χ2n) is 4.65. The molecule has 0 saturated heterocycles. The monoisotopic (exact) mass is 333 g/mol. The third-order valence-electron chi connectivity index (χ3n) is 3.04. The van der Waals surface area contributed by atoms with Crippen LogP contribution in [0, 0.1) is 0 Å². The lowest BCUT2D eigenvalue weighted by Gasteiger charge is -2.11. The quantitative estimate of drug-likeness (QED) is 0.665. The van der Waals surface area contributed by atoms with E-state index in [9.17, 15) is 9.59 Å². The summed E-state index contributed by atoms with van der Waals surface area (Å²) in [5, 5.41) is 3.34. The molecule has 0 saturated carbocycles. The van der Waals surface area contributed by atoms with Crippen LogP contribution in [-0.4, -0.2) is 19.0 Å². The van der Waals surface area contributed by atoms with Crippen molar-refractivity contribution in [1.82, 2.24) is 0 Å². The van der Waals surface area contributed by atoms with Gasteiger partial charge in [0, 0.05) is 22.7 Å². The number of esters is 1. The Morgan fingerprint density at radius 2 is 1.78 bits per heavy atom. The Kier molecular flexibility index (Phi) is 5.60. The Balaban J connectivity index is 2.17. The van der Waals surface area contributed by atoms with Gasteiger partial charge in [-0.15, -0.1) is 0 Å². The van der Waals surface area contributed by atoms with Crippen LogP contribution >= 0.6 is 11.6 Å². The summed E-state index contributed by atoms with van der Waals surface area (Å²) in [5.74, 6) is -0.0846. The van der Waals surface area contributed by atoms with Crippen molar-refractivity contribution in [2.75, 3.05) is 12.4 Å². The third-order valence-corrected chi connectivity index (χ3v) is 3.29. The van der Waals surface area contributed by atoms with Crippen molar-refractivity contribution >= 4 is 29.2 Å². The van der Waals surface area contributed by atoms with Gasteiger partial charge in [0.05, 0.1) is 7.11 Å². The number of benzene rings is 2. The number of carbonyl (C=O) groups excluding carboxylic acids is 2. The summed E-state index contributed by atoms with van der Waals surface area (Å²) >= 11 is 5.80. The van der Waals surface area contributed by atoms with E-state index in [1.165, 1.54) is 19.2 Å². The van der Waals surface area contributed by atoms with Gasteiger partial charge in [0.1, 0.15) is 0 Å². The topological polar surface area (TPSA) is 64.6 Å². The maximum Gasteiger partial charge on any atom is 0.311 e. The molecule has 1 amide bonds. The Labute approximate surface area is 139 Å². The fraction of sp³-hybridized carbons (Fsp3) is 0.176. The van der Waals surface area contributed by atoms with Gasteiger partial charge in [-0.05, 0) is 42.5 Å². The number of hydrogen-bond acceptors (Lipinski definition) is 4. The average molecular weight is 334 g/mol. The summed E-state index contributed by atoms with van der Waals surface area (Å²) in [5.41, 5.74) is 1.01. The fourth-order valence-corrected chi connectivity index (χ4v) is 1.95. The molecule has 0 aliphatic rings. The predicted molar refractivity (Wildman–Crippen MR) is 88.3 cm³/mol. The van der Waals surface area contributed by atoms with E-state index < -0.39 is 0 Å². The number of hydrogen-bond donors (Lipinski definition) is 1. The molecule has 120 valence electrons. The van der Waals surface area contributed by atoms with Crippen molar-refractivity contribution < 1.29 is 19.1 Å². The number of anilines is 1. The molecule has 0 heterocycles. The summed E-state index contributed by atoms with van der Waals surface area (Å²) in [7, 11) is 1.44. The smallest absolute Gasteiger partial charge is 0.311 e. The van der Waals surface area contributed by atoms with Gasteiger partial charge in [0.2, 0.25) is 0 Å². The van der Waals surface area contributed by atoms with E-state index >= 15 is 0 Å². The van der Waals surface area contributed by atoms with Crippen LogP contribution in [0.3, 0.4) is 0 Å². The molecule has 23 heavy (non-hydrogen) atoms. The van der Waals surface area contributed by atoms with Crippen molar-refractivity contribution in [2.45, 2.75) is 13.3 Å². The third kappa shape index (κ3) is 4.47. The first-order valence-electron chi connectivity index (χ1n) is 6.99. The first kappa shape index (κ1) is 16.8. The van der Waals surface area contributed by atoms with Crippen molar-refractivity contribution in [3.63, 3.8) is 0 Å². The Morgan fingerprint density at radius 3 is 2.39 bits per heavy atom. The molecule has 0 spiro atoms. The van der Waals surface area contributed by atoms with E-state index in [1.54, 1.807) is 37.3 Å². The minimum absolute atomic E-state index is 0.252. The maximum absolute atomic E-state index is 12.2. The number of ether oxygens (including phenoxy) is 2. The highest BCUT2D eigenvalue weighted by atomic mass is 35.5. The van der Waals surface area contributed by atoms with Crippen molar-refractivity contribution in [3.05, 3.63) is 53.1 Å². The summed E-state index contributed by atoms with van der Waals surface area (Å²) in [4.78, 5) is 23.6. The van der Waals surface area contributed by atoms with Gasteiger partial charge >= 0.3 is 5.97 Å². The van der Waals surface area contributed by atoms with Crippen molar-refractivity contribution in [1.29, 1.82) is 0 Å². The summed E-state index contributed by atoms with van der Waals surface area (Å²) < 4.78 is 10.3. The molecule has 0 aliphatic carbocycles. The molecular weight excluding hydrogens is 318 g/mol. The van der Waals surface area contributed by atoms with E-state index in [0.29, 0.717) is 22.0 Å². The first-order valence-corrected chi connectivity index (χ1v) is 7.37.